The first-order chi connectivity index (χ1) is 18.6. The Kier molecular flexibility index (Phi) is 3.71. The van der Waals surface area contributed by atoms with E-state index in [9.17, 15) is 4.79 Å². The minimum Gasteiger partial charge on any atom is -0.331 e. The first-order valence-electron chi connectivity index (χ1n) is 13.8. The molecule has 4 heterocycles. The molecule has 7 rings (SSSR count). The van der Waals surface area contributed by atoms with Crippen LogP contribution in [0.3, 0.4) is 0 Å². The molecule has 4 atom stereocenters. The molecular weight excluding hydrogens is 446 g/mol. The molecule has 1 amide bonds. The standard InChI is InChI=1S/C30H27N5O/c1-4-18-6-5-7-21-27(18)24-15-25(34(3)29(21)36)28-33-22-10-8-19(14-23(22)35(24)28)20-9-11-26(32-16-20)30(31)13-12-17(30)2/h1,5-11,14,16-17,24-25H,12-13,15,31H2,2-3H3/t17?,24-,25-,30?/m1/s1/i3D3. The van der Waals surface area contributed by atoms with Gasteiger partial charge in [0.25, 0.3) is 5.91 Å². The van der Waals surface area contributed by atoms with Crippen LogP contribution in [0.5, 0.6) is 0 Å². The van der Waals surface area contributed by atoms with Gasteiger partial charge in [0.1, 0.15) is 5.82 Å². The van der Waals surface area contributed by atoms with Crippen molar-refractivity contribution in [3.8, 4) is 23.5 Å². The van der Waals surface area contributed by atoms with Crippen LogP contribution >= 0.6 is 0 Å². The van der Waals surface area contributed by atoms with E-state index in [1.165, 1.54) is 0 Å². The molecular formula is C30H27N5O. The number of carbonyl (C=O) groups is 1. The summed E-state index contributed by atoms with van der Waals surface area (Å²) < 4.78 is 26.7. The molecule has 2 aromatic heterocycles. The lowest BCUT2D eigenvalue weighted by molar-refractivity contribution is 0.0734. The summed E-state index contributed by atoms with van der Waals surface area (Å²) in [7, 11) is 0. The van der Waals surface area contributed by atoms with E-state index in [1.807, 2.05) is 24.4 Å². The minimum atomic E-state index is -2.63. The number of fused-ring (bicyclic) bond motifs is 9. The van der Waals surface area contributed by atoms with Gasteiger partial charge in [-0.1, -0.05) is 31.0 Å². The zero-order valence-electron chi connectivity index (χ0n) is 22.9. The fraction of sp³-hybridized carbons (Fsp3) is 0.300. The van der Waals surface area contributed by atoms with Crippen LogP contribution < -0.4 is 5.73 Å². The third-order valence-corrected chi connectivity index (χ3v) is 8.57. The van der Waals surface area contributed by atoms with Crippen LogP contribution in [0.4, 0.5) is 0 Å². The summed E-state index contributed by atoms with van der Waals surface area (Å²) in [4.78, 5) is 24.2. The Hall–Kier alpha value is -3.95. The number of hydrogen-bond donors (Lipinski definition) is 1. The molecule has 2 unspecified atom stereocenters. The van der Waals surface area contributed by atoms with Crippen LogP contribution in [0.25, 0.3) is 22.2 Å². The molecule has 0 radical (unpaired) electrons. The number of aromatic nitrogens is 3. The monoisotopic (exact) mass is 476 g/mol. The molecule has 36 heavy (non-hydrogen) atoms. The van der Waals surface area contributed by atoms with Gasteiger partial charge in [-0.25, -0.2) is 4.98 Å². The molecule has 0 saturated heterocycles. The average Bonchev–Trinajstić information content (AvgIpc) is 3.43. The summed E-state index contributed by atoms with van der Waals surface area (Å²) in [5, 5.41) is 0. The van der Waals surface area contributed by atoms with Crippen LogP contribution in [0.2, 0.25) is 0 Å². The number of terminal acetylenes is 1. The molecule has 2 N–H and O–H groups in total. The third kappa shape index (κ3) is 2.69. The first-order valence-corrected chi connectivity index (χ1v) is 12.3. The van der Waals surface area contributed by atoms with Gasteiger partial charge in [0.15, 0.2) is 0 Å². The SMILES string of the molecule is [2H]C([2H])([2H])N1C(=O)c2cccc(C#C)c2[C@H]2C[C@@H]1c1nc3ccc(-c4ccc(C5(N)CCC5C)nc4)cc3n12. The largest absolute Gasteiger partial charge is 0.331 e. The number of rotatable bonds is 2. The highest BCUT2D eigenvalue weighted by Crippen LogP contribution is 2.48. The van der Waals surface area contributed by atoms with E-state index in [2.05, 4.69) is 29.5 Å². The average molecular weight is 477 g/mol. The molecule has 2 aliphatic heterocycles. The second-order valence-corrected chi connectivity index (χ2v) is 10.3. The van der Waals surface area contributed by atoms with Crippen molar-refractivity contribution in [2.45, 2.75) is 43.8 Å². The highest BCUT2D eigenvalue weighted by atomic mass is 16.2. The third-order valence-electron chi connectivity index (χ3n) is 8.57. The van der Waals surface area contributed by atoms with Crippen molar-refractivity contribution >= 4 is 16.9 Å². The van der Waals surface area contributed by atoms with E-state index in [0.29, 0.717) is 34.9 Å². The Morgan fingerprint density at radius 2 is 2.06 bits per heavy atom. The Bertz CT molecular complexity index is 1720. The van der Waals surface area contributed by atoms with Crippen molar-refractivity contribution < 1.29 is 8.91 Å². The smallest absolute Gasteiger partial charge is 0.254 e. The van der Waals surface area contributed by atoms with Crippen molar-refractivity contribution in [3.05, 3.63) is 82.9 Å². The van der Waals surface area contributed by atoms with Crippen LogP contribution in [-0.2, 0) is 5.54 Å². The van der Waals surface area contributed by atoms with Crippen molar-refractivity contribution in [2.75, 3.05) is 6.98 Å². The van der Waals surface area contributed by atoms with Crippen LogP contribution in [0.15, 0.2) is 54.7 Å². The molecule has 3 aliphatic rings. The van der Waals surface area contributed by atoms with Crippen LogP contribution in [-0.4, -0.2) is 32.3 Å². The Morgan fingerprint density at radius 1 is 1.19 bits per heavy atom. The Labute approximate surface area is 214 Å². The predicted molar refractivity (Wildman–Crippen MR) is 139 cm³/mol. The van der Waals surface area contributed by atoms with Crippen molar-refractivity contribution in [1.82, 2.24) is 19.4 Å². The number of nitrogens with zero attached hydrogens (tertiary/aromatic N) is 4. The van der Waals surface area contributed by atoms with E-state index < -0.39 is 18.9 Å². The van der Waals surface area contributed by atoms with Crippen LogP contribution in [0, 0.1) is 18.3 Å². The molecule has 1 fully saturated rings. The molecule has 6 heteroatoms. The van der Waals surface area contributed by atoms with Crippen molar-refractivity contribution in [2.24, 2.45) is 11.7 Å². The maximum Gasteiger partial charge on any atom is 0.254 e. The molecule has 2 aromatic carbocycles. The topological polar surface area (TPSA) is 77.0 Å². The van der Waals surface area contributed by atoms with E-state index in [-0.39, 0.29) is 11.6 Å². The molecule has 1 saturated carbocycles. The zero-order valence-corrected chi connectivity index (χ0v) is 19.9. The second-order valence-electron chi connectivity index (χ2n) is 10.3. The normalized spacial score (nSPS) is 27.8. The highest BCUT2D eigenvalue weighted by molar-refractivity contribution is 5.98. The van der Waals surface area contributed by atoms with Gasteiger partial charge in [-0.3, -0.25) is 9.78 Å². The first kappa shape index (κ1) is 18.3. The van der Waals surface area contributed by atoms with Gasteiger partial charge in [-0.15, -0.1) is 6.42 Å². The van der Waals surface area contributed by atoms with E-state index >= 15 is 0 Å². The number of amides is 1. The van der Waals surface area contributed by atoms with Gasteiger partial charge in [0, 0.05) is 46.0 Å². The van der Waals surface area contributed by atoms with Gasteiger partial charge < -0.3 is 15.2 Å². The molecule has 178 valence electrons. The molecule has 2 bridgehead atoms. The maximum atomic E-state index is 13.6. The minimum absolute atomic E-state index is 0.318. The van der Waals surface area contributed by atoms with Gasteiger partial charge in [0.05, 0.1) is 34.3 Å². The quantitative estimate of drug-likeness (QED) is 0.422. The van der Waals surface area contributed by atoms with Gasteiger partial charge in [-0.2, -0.15) is 0 Å². The van der Waals surface area contributed by atoms with Crippen LogP contribution in [0.1, 0.15) is 75.4 Å². The van der Waals surface area contributed by atoms with E-state index in [4.69, 9.17) is 26.2 Å². The summed E-state index contributed by atoms with van der Waals surface area (Å²) in [5.74, 6) is 3.14. The maximum absolute atomic E-state index is 13.6. The number of imidazole rings is 1. The number of nitrogens with two attached hydrogens (primary N) is 1. The van der Waals surface area contributed by atoms with Crippen molar-refractivity contribution in [3.63, 3.8) is 0 Å². The summed E-state index contributed by atoms with van der Waals surface area (Å²) in [6, 6.07) is 14.2. The molecule has 0 spiro atoms. The lowest BCUT2D eigenvalue weighted by atomic mass is 9.66. The number of pyridine rings is 1. The van der Waals surface area contributed by atoms with E-state index in [1.54, 1.807) is 18.2 Å². The second kappa shape index (κ2) is 7.28. The van der Waals surface area contributed by atoms with E-state index in [0.717, 1.165) is 45.6 Å². The van der Waals surface area contributed by atoms with Crippen molar-refractivity contribution in [1.29, 1.82) is 0 Å². The summed E-state index contributed by atoms with van der Waals surface area (Å²) in [6.45, 7) is -0.472. The fourth-order valence-corrected chi connectivity index (χ4v) is 6.22. The lowest BCUT2D eigenvalue weighted by Crippen LogP contribution is -2.51. The highest BCUT2D eigenvalue weighted by Gasteiger charge is 2.45. The summed E-state index contributed by atoms with van der Waals surface area (Å²) in [6.07, 6.45) is 10.2. The molecule has 6 nitrogen and oxygen atoms in total. The van der Waals surface area contributed by atoms with Gasteiger partial charge in [-0.05, 0) is 54.7 Å². The predicted octanol–water partition coefficient (Wildman–Crippen LogP) is 4.78. The van der Waals surface area contributed by atoms with Gasteiger partial charge in [0.2, 0.25) is 0 Å². The molecule has 1 aliphatic carbocycles. The Morgan fingerprint density at radius 3 is 2.75 bits per heavy atom. The lowest BCUT2D eigenvalue weighted by Gasteiger charge is -2.44. The Balaban J connectivity index is 1.39. The number of carbonyl (C=O) groups excluding carboxylic acids is 1. The zero-order chi connectivity index (χ0) is 27.3. The fourth-order valence-electron chi connectivity index (χ4n) is 6.22. The summed E-state index contributed by atoms with van der Waals surface area (Å²) in [5.41, 5.74) is 12.3. The summed E-state index contributed by atoms with van der Waals surface area (Å²) >= 11 is 0. The van der Waals surface area contributed by atoms with Gasteiger partial charge >= 0.3 is 0 Å². The molecule has 4 aromatic rings. The number of benzene rings is 2. The number of hydrogen-bond acceptors (Lipinski definition) is 4.